The van der Waals surface area contributed by atoms with Crippen LogP contribution < -0.4 is 16.0 Å². The van der Waals surface area contributed by atoms with Crippen molar-refractivity contribution in [3.63, 3.8) is 0 Å². The molecule has 2 rings (SSSR count). The molecule has 0 fully saturated rings. The first-order chi connectivity index (χ1) is 10.1. The predicted molar refractivity (Wildman–Crippen MR) is 88.6 cm³/mol. The van der Waals surface area contributed by atoms with E-state index in [0.29, 0.717) is 18.7 Å². The highest BCUT2D eigenvalue weighted by Gasteiger charge is 2.07. The molecule has 0 aliphatic rings. The van der Waals surface area contributed by atoms with Crippen LogP contribution in [0.3, 0.4) is 0 Å². The maximum atomic E-state index is 12.0. The highest BCUT2D eigenvalue weighted by molar-refractivity contribution is 5.91. The number of rotatable bonds is 5. The van der Waals surface area contributed by atoms with E-state index in [9.17, 15) is 4.79 Å². The number of benzene rings is 2. The minimum atomic E-state index is -0.0129. The van der Waals surface area contributed by atoms with Gasteiger partial charge in [0.2, 0.25) is 5.91 Å². The number of amides is 1. The van der Waals surface area contributed by atoms with Crippen molar-refractivity contribution in [2.45, 2.75) is 13.3 Å². The SMILES string of the molecule is Cc1ccccc1N(C)CCC(=O)Nc1cccc(N)c1. The van der Waals surface area contributed by atoms with Crippen LogP contribution in [0.5, 0.6) is 0 Å². The molecule has 4 heteroatoms. The van der Waals surface area contributed by atoms with Gasteiger partial charge in [0.05, 0.1) is 0 Å². The molecule has 0 bridgehead atoms. The lowest BCUT2D eigenvalue weighted by Crippen LogP contribution is -2.24. The Morgan fingerprint density at radius 2 is 1.95 bits per heavy atom. The van der Waals surface area contributed by atoms with Gasteiger partial charge < -0.3 is 16.0 Å². The fourth-order valence-corrected chi connectivity index (χ4v) is 2.22. The van der Waals surface area contributed by atoms with E-state index in [-0.39, 0.29) is 5.91 Å². The predicted octanol–water partition coefficient (Wildman–Crippen LogP) is 3.04. The number of para-hydroxylation sites is 1. The zero-order valence-electron chi connectivity index (χ0n) is 12.5. The number of nitrogens with one attached hydrogen (secondary N) is 1. The van der Waals surface area contributed by atoms with E-state index < -0.39 is 0 Å². The lowest BCUT2D eigenvalue weighted by Gasteiger charge is -2.21. The van der Waals surface area contributed by atoms with Gasteiger partial charge in [-0.05, 0) is 36.8 Å². The molecule has 0 atom stereocenters. The summed E-state index contributed by atoms with van der Waals surface area (Å²) in [5, 5.41) is 2.86. The summed E-state index contributed by atoms with van der Waals surface area (Å²) in [4.78, 5) is 14.1. The molecule has 0 aliphatic heterocycles. The third kappa shape index (κ3) is 4.24. The van der Waals surface area contributed by atoms with Gasteiger partial charge in [0, 0.05) is 37.1 Å². The maximum Gasteiger partial charge on any atom is 0.226 e. The van der Waals surface area contributed by atoms with Crippen molar-refractivity contribution in [1.29, 1.82) is 0 Å². The standard InChI is InChI=1S/C17H21N3O/c1-13-6-3-4-9-16(13)20(2)11-10-17(21)19-15-8-5-7-14(18)12-15/h3-9,12H,10-11,18H2,1-2H3,(H,19,21). The minimum absolute atomic E-state index is 0.0129. The number of carbonyl (C=O) groups is 1. The first-order valence-corrected chi connectivity index (χ1v) is 6.98. The third-order valence-electron chi connectivity index (χ3n) is 3.37. The third-order valence-corrected chi connectivity index (χ3v) is 3.37. The molecule has 0 heterocycles. The molecule has 4 nitrogen and oxygen atoms in total. The van der Waals surface area contributed by atoms with E-state index in [1.807, 2.05) is 31.3 Å². The van der Waals surface area contributed by atoms with Crippen LogP contribution >= 0.6 is 0 Å². The summed E-state index contributed by atoms with van der Waals surface area (Å²) < 4.78 is 0. The fraction of sp³-hybridized carbons (Fsp3) is 0.235. The topological polar surface area (TPSA) is 58.4 Å². The molecule has 0 radical (unpaired) electrons. The van der Waals surface area contributed by atoms with Gasteiger partial charge in [0.1, 0.15) is 0 Å². The van der Waals surface area contributed by atoms with Gasteiger partial charge >= 0.3 is 0 Å². The zero-order valence-corrected chi connectivity index (χ0v) is 12.5. The average Bonchev–Trinajstić information content (AvgIpc) is 2.45. The molecule has 2 aromatic carbocycles. The molecule has 0 aliphatic carbocycles. The molecule has 0 unspecified atom stereocenters. The Kier molecular flexibility index (Phi) is 4.82. The molecule has 0 saturated carbocycles. The Morgan fingerprint density at radius 3 is 2.67 bits per heavy atom. The molecule has 110 valence electrons. The number of nitrogens with two attached hydrogens (primary N) is 1. The smallest absolute Gasteiger partial charge is 0.226 e. The van der Waals surface area contributed by atoms with Crippen LogP contribution in [0.1, 0.15) is 12.0 Å². The molecular formula is C17H21N3O. The van der Waals surface area contributed by atoms with Crippen molar-refractivity contribution in [3.05, 3.63) is 54.1 Å². The number of anilines is 3. The second-order valence-corrected chi connectivity index (χ2v) is 5.13. The Hall–Kier alpha value is -2.49. The van der Waals surface area contributed by atoms with Crippen molar-refractivity contribution in [2.75, 3.05) is 29.5 Å². The molecule has 2 aromatic rings. The van der Waals surface area contributed by atoms with Crippen LogP contribution in [0, 0.1) is 6.92 Å². The summed E-state index contributed by atoms with van der Waals surface area (Å²) >= 11 is 0. The lowest BCUT2D eigenvalue weighted by molar-refractivity contribution is -0.116. The van der Waals surface area contributed by atoms with E-state index in [1.54, 1.807) is 12.1 Å². The van der Waals surface area contributed by atoms with E-state index in [4.69, 9.17) is 5.73 Å². The van der Waals surface area contributed by atoms with Gasteiger partial charge in [-0.2, -0.15) is 0 Å². The van der Waals surface area contributed by atoms with Crippen LogP contribution in [0.4, 0.5) is 17.1 Å². The first kappa shape index (κ1) is 14.9. The van der Waals surface area contributed by atoms with Gasteiger partial charge in [-0.25, -0.2) is 0 Å². The molecule has 21 heavy (non-hydrogen) atoms. The highest BCUT2D eigenvalue weighted by Crippen LogP contribution is 2.18. The maximum absolute atomic E-state index is 12.0. The van der Waals surface area contributed by atoms with Crippen LogP contribution in [0.15, 0.2) is 48.5 Å². The number of nitrogens with zero attached hydrogens (tertiary/aromatic N) is 1. The number of aryl methyl sites for hydroxylation is 1. The van der Waals surface area contributed by atoms with E-state index >= 15 is 0 Å². The van der Waals surface area contributed by atoms with Crippen molar-refractivity contribution in [3.8, 4) is 0 Å². The lowest BCUT2D eigenvalue weighted by atomic mass is 10.2. The Balaban J connectivity index is 1.88. The van der Waals surface area contributed by atoms with Crippen molar-refractivity contribution < 1.29 is 4.79 Å². The summed E-state index contributed by atoms with van der Waals surface area (Å²) in [6.45, 7) is 2.73. The van der Waals surface area contributed by atoms with Crippen LogP contribution in [0.2, 0.25) is 0 Å². The Bertz CT molecular complexity index is 625. The van der Waals surface area contributed by atoms with Crippen LogP contribution in [-0.4, -0.2) is 19.5 Å². The second kappa shape index (κ2) is 6.79. The summed E-state index contributed by atoms with van der Waals surface area (Å²) in [5.41, 5.74) is 9.42. The monoisotopic (exact) mass is 283 g/mol. The van der Waals surface area contributed by atoms with E-state index in [1.165, 1.54) is 5.56 Å². The molecule has 3 N–H and O–H groups in total. The summed E-state index contributed by atoms with van der Waals surface area (Å²) in [5.74, 6) is -0.0129. The zero-order chi connectivity index (χ0) is 15.2. The summed E-state index contributed by atoms with van der Waals surface area (Å²) in [6.07, 6.45) is 0.430. The molecule has 0 saturated heterocycles. The highest BCUT2D eigenvalue weighted by atomic mass is 16.1. The fourth-order valence-electron chi connectivity index (χ4n) is 2.22. The van der Waals surface area contributed by atoms with Gasteiger partial charge in [-0.1, -0.05) is 24.3 Å². The molecule has 0 aromatic heterocycles. The number of hydrogen-bond donors (Lipinski definition) is 2. The van der Waals surface area contributed by atoms with Gasteiger partial charge in [0.25, 0.3) is 0 Å². The first-order valence-electron chi connectivity index (χ1n) is 6.98. The summed E-state index contributed by atoms with van der Waals surface area (Å²) in [6, 6.07) is 15.4. The Labute approximate surface area is 125 Å². The second-order valence-electron chi connectivity index (χ2n) is 5.13. The number of nitrogen functional groups attached to an aromatic ring is 1. The van der Waals surface area contributed by atoms with Crippen molar-refractivity contribution in [2.24, 2.45) is 0 Å². The summed E-state index contributed by atoms with van der Waals surface area (Å²) in [7, 11) is 2.00. The number of carbonyl (C=O) groups excluding carboxylic acids is 1. The van der Waals surface area contributed by atoms with E-state index in [0.717, 1.165) is 11.4 Å². The van der Waals surface area contributed by atoms with Gasteiger partial charge in [-0.15, -0.1) is 0 Å². The number of hydrogen-bond acceptors (Lipinski definition) is 3. The van der Waals surface area contributed by atoms with Crippen molar-refractivity contribution in [1.82, 2.24) is 0 Å². The van der Waals surface area contributed by atoms with Crippen LogP contribution in [-0.2, 0) is 4.79 Å². The van der Waals surface area contributed by atoms with Gasteiger partial charge in [-0.3, -0.25) is 4.79 Å². The normalized spacial score (nSPS) is 10.2. The van der Waals surface area contributed by atoms with Crippen LogP contribution in [0.25, 0.3) is 0 Å². The molecule has 0 spiro atoms. The minimum Gasteiger partial charge on any atom is -0.399 e. The molecular weight excluding hydrogens is 262 g/mol. The molecule has 1 amide bonds. The van der Waals surface area contributed by atoms with Gasteiger partial charge in [0.15, 0.2) is 0 Å². The average molecular weight is 283 g/mol. The largest absolute Gasteiger partial charge is 0.399 e. The Morgan fingerprint density at radius 1 is 1.19 bits per heavy atom. The quantitative estimate of drug-likeness (QED) is 0.829. The van der Waals surface area contributed by atoms with E-state index in [2.05, 4.69) is 29.3 Å². The van der Waals surface area contributed by atoms with Crippen molar-refractivity contribution >= 4 is 23.0 Å².